The van der Waals surface area contributed by atoms with Crippen molar-refractivity contribution < 1.29 is 19.4 Å². The summed E-state index contributed by atoms with van der Waals surface area (Å²) in [6.45, 7) is 3.65. The summed E-state index contributed by atoms with van der Waals surface area (Å²) >= 11 is 0. The van der Waals surface area contributed by atoms with Gasteiger partial charge in [0, 0.05) is 13.1 Å². The van der Waals surface area contributed by atoms with E-state index in [0.29, 0.717) is 32.5 Å². The number of amides is 1. The Balaban J connectivity index is 1.65. The zero-order valence-corrected chi connectivity index (χ0v) is 14.2. The molecule has 130 valence electrons. The number of fused-ring (bicyclic) bond motifs is 1. The second-order valence-corrected chi connectivity index (χ2v) is 7.00. The number of ether oxygens (including phenoxy) is 1. The van der Waals surface area contributed by atoms with Crippen LogP contribution in [0.25, 0.3) is 0 Å². The van der Waals surface area contributed by atoms with Crippen molar-refractivity contribution in [1.82, 2.24) is 4.90 Å². The summed E-state index contributed by atoms with van der Waals surface area (Å²) in [7, 11) is 0. The SMILES string of the molecule is CCCOc1cccc(CC(=O)N2C[C@@H]3CCC[C@@]3(C(=O)O)C2)c1. The van der Waals surface area contributed by atoms with Gasteiger partial charge in [-0.15, -0.1) is 0 Å². The van der Waals surface area contributed by atoms with Crippen LogP contribution in [-0.2, 0) is 16.0 Å². The highest BCUT2D eigenvalue weighted by molar-refractivity contribution is 5.82. The molecule has 0 unspecified atom stereocenters. The Morgan fingerprint density at radius 1 is 1.42 bits per heavy atom. The van der Waals surface area contributed by atoms with Crippen molar-refractivity contribution in [2.24, 2.45) is 11.3 Å². The van der Waals surface area contributed by atoms with E-state index in [-0.39, 0.29) is 11.8 Å². The van der Waals surface area contributed by atoms with Crippen molar-refractivity contribution in [2.45, 2.75) is 39.0 Å². The molecule has 2 atom stereocenters. The maximum absolute atomic E-state index is 12.6. The van der Waals surface area contributed by atoms with Crippen molar-refractivity contribution in [2.75, 3.05) is 19.7 Å². The van der Waals surface area contributed by atoms with Crippen molar-refractivity contribution in [3.05, 3.63) is 29.8 Å². The number of likely N-dealkylation sites (tertiary alicyclic amines) is 1. The maximum atomic E-state index is 12.6. The number of carboxylic acid groups (broad SMARTS) is 1. The molecule has 2 fully saturated rings. The van der Waals surface area contributed by atoms with Crippen LogP contribution in [0.1, 0.15) is 38.2 Å². The minimum absolute atomic E-state index is 0.0117. The van der Waals surface area contributed by atoms with Crippen LogP contribution >= 0.6 is 0 Å². The molecule has 1 saturated heterocycles. The molecule has 1 aromatic carbocycles. The Bertz CT molecular complexity index is 630. The van der Waals surface area contributed by atoms with Crippen molar-refractivity contribution >= 4 is 11.9 Å². The van der Waals surface area contributed by atoms with E-state index >= 15 is 0 Å². The lowest BCUT2D eigenvalue weighted by molar-refractivity contribution is -0.149. The van der Waals surface area contributed by atoms with Crippen LogP contribution in [0.5, 0.6) is 5.75 Å². The largest absolute Gasteiger partial charge is 0.494 e. The summed E-state index contributed by atoms with van der Waals surface area (Å²) in [5.74, 6) is 0.161. The summed E-state index contributed by atoms with van der Waals surface area (Å²) in [6, 6.07) is 7.60. The Morgan fingerprint density at radius 2 is 2.25 bits per heavy atom. The second kappa shape index (κ2) is 6.83. The predicted octanol–water partition coefficient (Wildman–Crippen LogP) is 2.73. The van der Waals surface area contributed by atoms with Gasteiger partial charge in [0.1, 0.15) is 5.75 Å². The van der Waals surface area contributed by atoms with Crippen LogP contribution in [0.2, 0.25) is 0 Å². The number of aliphatic carboxylic acids is 1. The normalized spacial score (nSPS) is 25.5. The quantitative estimate of drug-likeness (QED) is 0.870. The number of carbonyl (C=O) groups is 2. The van der Waals surface area contributed by atoms with Gasteiger partial charge >= 0.3 is 5.97 Å². The van der Waals surface area contributed by atoms with Gasteiger partial charge in [-0.05, 0) is 42.9 Å². The van der Waals surface area contributed by atoms with E-state index in [1.165, 1.54) is 0 Å². The molecule has 1 aliphatic heterocycles. The summed E-state index contributed by atoms with van der Waals surface area (Å²) in [4.78, 5) is 26.1. The van der Waals surface area contributed by atoms with E-state index in [1.54, 1.807) is 4.90 Å². The van der Waals surface area contributed by atoms with Crippen LogP contribution in [0.4, 0.5) is 0 Å². The molecule has 1 heterocycles. The van der Waals surface area contributed by atoms with Crippen molar-refractivity contribution in [3.8, 4) is 5.75 Å². The first-order valence-electron chi connectivity index (χ1n) is 8.78. The lowest BCUT2D eigenvalue weighted by Gasteiger charge is -2.23. The summed E-state index contributed by atoms with van der Waals surface area (Å²) in [5.41, 5.74) is 0.205. The molecule has 2 aliphatic rings. The van der Waals surface area contributed by atoms with Gasteiger partial charge in [-0.3, -0.25) is 9.59 Å². The molecule has 5 heteroatoms. The van der Waals surface area contributed by atoms with Crippen molar-refractivity contribution in [3.63, 3.8) is 0 Å². The number of nitrogens with zero attached hydrogens (tertiary/aromatic N) is 1. The molecule has 1 N–H and O–H groups in total. The van der Waals surface area contributed by atoms with Crippen LogP contribution < -0.4 is 4.74 Å². The fourth-order valence-electron chi connectivity index (χ4n) is 4.08. The first-order valence-corrected chi connectivity index (χ1v) is 8.78. The lowest BCUT2D eigenvalue weighted by Crippen LogP contribution is -2.37. The van der Waals surface area contributed by atoms with Gasteiger partial charge in [0.25, 0.3) is 0 Å². The molecule has 3 rings (SSSR count). The van der Waals surface area contributed by atoms with Crippen LogP contribution in [-0.4, -0.2) is 41.6 Å². The Morgan fingerprint density at radius 3 is 2.96 bits per heavy atom. The molecule has 24 heavy (non-hydrogen) atoms. The number of hydrogen-bond donors (Lipinski definition) is 1. The standard InChI is InChI=1S/C19H25NO4/c1-2-9-24-16-7-3-5-14(10-16)11-17(21)20-12-15-6-4-8-19(15,13-20)18(22)23/h3,5,7,10,15H,2,4,6,8-9,11-13H2,1H3,(H,22,23)/t15-,19+/m0/s1. The fraction of sp³-hybridized carbons (Fsp3) is 0.579. The van der Waals surface area contributed by atoms with Crippen LogP contribution in [0.15, 0.2) is 24.3 Å². The highest BCUT2D eigenvalue weighted by Crippen LogP contribution is 2.48. The monoisotopic (exact) mass is 331 g/mol. The average Bonchev–Trinajstić information content (AvgIpc) is 3.11. The van der Waals surface area contributed by atoms with Gasteiger partial charge in [0.05, 0.1) is 18.4 Å². The van der Waals surface area contributed by atoms with Gasteiger partial charge in [-0.1, -0.05) is 25.5 Å². The molecule has 0 spiro atoms. The zero-order chi connectivity index (χ0) is 17.2. The average molecular weight is 331 g/mol. The molecule has 0 bridgehead atoms. The van der Waals surface area contributed by atoms with E-state index in [1.807, 2.05) is 24.3 Å². The molecule has 0 aromatic heterocycles. The molecule has 1 amide bonds. The molecule has 1 aromatic rings. The summed E-state index contributed by atoms with van der Waals surface area (Å²) < 4.78 is 5.61. The number of benzene rings is 1. The molecule has 5 nitrogen and oxygen atoms in total. The Labute approximate surface area is 142 Å². The molecule has 1 saturated carbocycles. The lowest BCUT2D eigenvalue weighted by atomic mass is 9.81. The van der Waals surface area contributed by atoms with Gasteiger partial charge in [-0.2, -0.15) is 0 Å². The highest BCUT2D eigenvalue weighted by atomic mass is 16.5. The fourth-order valence-corrected chi connectivity index (χ4v) is 4.08. The van der Waals surface area contributed by atoms with Crippen LogP contribution in [0.3, 0.4) is 0 Å². The third kappa shape index (κ3) is 3.12. The summed E-state index contributed by atoms with van der Waals surface area (Å²) in [5, 5.41) is 9.63. The third-order valence-corrected chi connectivity index (χ3v) is 5.38. The van der Waals surface area contributed by atoms with Crippen LogP contribution in [0, 0.1) is 11.3 Å². The van der Waals surface area contributed by atoms with E-state index in [9.17, 15) is 14.7 Å². The van der Waals surface area contributed by atoms with Gasteiger partial charge < -0.3 is 14.7 Å². The van der Waals surface area contributed by atoms with Gasteiger partial charge in [-0.25, -0.2) is 0 Å². The number of carboxylic acids is 1. The first-order chi connectivity index (χ1) is 11.5. The van der Waals surface area contributed by atoms with Gasteiger partial charge in [0.15, 0.2) is 0 Å². The zero-order valence-electron chi connectivity index (χ0n) is 14.2. The predicted molar refractivity (Wildman–Crippen MR) is 89.9 cm³/mol. The minimum atomic E-state index is -0.740. The Hall–Kier alpha value is -2.04. The summed E-state index contributed by atoms with van der Waals surface area (Å²) in [6.07, 6.45) is 3.80. The Kier molecular flexibility index (Phi) is 4.78. The highest BCUT2D eigenvalue weighted by Gasteiger charge is 2.55. The van der Waals surface area contributed by atoms with E-state index < -0.39 is 11.4 Å². The van der Waals surface area contributed by atoms with E-state index in [2.05, 4.69) is 6.92 Å². The van der Waals surface area contributed by atoms with E-state index in [4.69, 9.17) is 4.74 Å². The van der Waals surface area contributed by atoms with Crippen molar-refractivity contribution in [1.29, 1.82) is 0 Å². The second-order valence-electron chi connectivity index (χ2n) is 7.00. The van der Waals surface area contributed by atoms with Gasteiger partial charge in [0.2, 0.25) is 5.91 Å². The molecular formula is C19H25NO4. The first kappa shape index (κ1) is 16.8. The number of hydrogen-bond acceptors (Lipinski definition) is 3. The minimum Gasteiger partial charge on any atom is -0.494 e. The molecule has 0 radical (unpaired) electrons. The maximum Gasteiger partial charge on any atom is 0.311 e. The van der Waals surface area contributed by atoms with E-state index in [0.717, 1.165) is 30.6 Å². The third-order valence-electron chi connectivity index (χ3n) is 5.38. The number of carbonyl (C=O) groups excluding carboxylic acids is 1. The number of rotatable bonds is 6. The molecular weight excluding hydrogens is 306 g/mol. The smallest absolute Gasteiger partial charge is 0.311 e. The topological polar surface area (TPSA) is 66.8 Å². The molecule has 1 aliphatic carbocycles.